The minimum atomic E-state index is -5.18. The van der Waals surface area contributed by atoms with Crippen LogP contribution in [-0.4, -0.2) is 31.2 Å². The number of hydrogen-bond acceptors (Lipinski definition) is 5. The summed E-state index contributed by atoms with van der Waals surface area (Å²) in [5.41, 5.74) is 0. The van der Waals surface area contributed by atoms with Crippen LogP contribution >= 0.6 is 0 Å². The van der Waals surface area contributed by atoms with Gasteiger partial charge in [-0.05, 0) is 13.5 Å². The normalized spacial score (nSPS) is 13.1. The highest BCUT2D eigenvalue weighted by molar-refractivity contribution is 5.78. The van der Waals surface area contributed by atoms with Gasteiger partial charge in [-0.2, -0.15) is 13.2 Å². The molecule has 0 radical (unpaired) electrons. The molecular formula is C7H10F3NO4. The zero-order valence-electron chi connectivity index (χ0n) is 8.05. The monoisotopic (exact) mass is 229 g/mol. The average Bonchev–Trinajstić information content (AvgIpc) is 2.14. The molecule has 0 aromatic carbocycles. The van der Waals surface area contributed by atoms with Gasteiger partial charge in [0.1, 0.15) is 6.04 Å². The highest BCUT2D eigenvalue weighted by Gasteiger charge is 2.43. The molecule has 0 aliphatic heterocycles. The fourth-order valence-electron chi connectivity index (χ4n) is 0.673. The first-order valence-corrected chi connectivity index (χ1v) is 3.99. The molecule has 0 aliphatic rings. The molecule has 0 saturated heterocycles. The van der Waals surface area contributed by atoms with Crippen molar-refractivity contribution in [3.05, 3.63) is 0 Å². The first-order valence-electron chi connectivity index (χ1n) is 3.99. The third-order valence-corrected chi connectivity index (χ3v) is 1.47. The summed E-state index contributed by atoms with van der Waals surface area (Å²) in [6, 6.07) is -0.814. The molecule has 0 heterocycles. The minimum Gasteiger partial charge on any atom is -0.307 e. The van der Waals surface area contributed by atoms with E-state index in [0.717, 1.165) is 0 Å². The van der Waals surface area contributed by atoms with Gasteiger partial charge in [-0.15, -0.1) is 0 Å². The van der Waals surface area contributed by atoms with Crippen molar-refractivity contribution in [1.29, 1.82) is 0 Å². The van der Waals surface area contributed by atoms with Crippen LogP contribution in [0.2, 0.25) is 0 Å². The van der Waals surface area contributed by atoms with Crippen molar-refractivity contribution >= 4 is 11.9 Å². The van der Waals surface area contributed by atoms with E-state index in [1.54, 1.807) is 6.92 Å². The number of carbonyl (C=O) groups excluding carboxylic acids is 2. The zero-order chi connectivity index (χ0) is 12.1. The Morgan fingerprint density at radius 3 is 2.20 bits per heavy atom. The molecule has 0 aromatic rings. The van der Waals surface area contributed by atoms with Crippen molar-refractivity contribution in [1.82, 2.24) is 5.32 Å². The molecule has 5 nitrogen and oxygen atoms in total. The van der Waals surface area contributed by atoms with Crippen LogP contribution in [0.15, 0.2) is 0 Å². The standard InChI is InChI=1S/C7H10F3NO4/c1-3-4(11-2)5(12)14-15-6(13)7(8,9)10/h4,11H,3H2,1-2H3/t4-/m0/s1. The molecule has 0 bridgehead atoms. The van der Waals surface area contributed by atoms with E-state index in [1.807, 2.05) is 0 Å². The van der Waals surface area contributed by atoms with E-state index in [9.17, 15) is 22.8 Å². The lowest BCUT2D eigenvalue weighted by Crippen LogP contribution is -2.36. The summed E-state index contributed by atoms with van der Waals surface area (Å²) in [5, 5.41) is 2.47. The van der Waals surface area contributed by atoms with Gasteiger partial charge in [-0.1, -0.05) is 6.92 Å². The maximum absolute atomic E-state index is 11.6. The van der Waals surface area contributed by atoms with Gasteiger partial charge < -0.3 is 5.32 Å². The highest BCUT2D eigenvalue weighted by Crippen LogP contribution is 2.16. The van der Waals surface area contributed by atoms with E-state index >= 15 is 0 Å². The zero-order valence-corrected chi connectivity index (χ0v) is 8.05. The molecule has 0 aromatic heterocycles. The number of likely N-dealkylation sites (N-methyl/N-ethyl adjacent to an activating group) is 1. The predicted molar refractivity (Wildman–Crippen MR) is 41.4 cm³/mol. The molecule has 1 N–H and O–H groups in total. The van der Waals surface area contributed by atoms with Crippen LogP contribution in [0.1, 0.15) is 13.3 Å². The Kier molecular flexibility index (Phi) is 5.06. The van der Waals surface area contributed by atoms with Gasteiger partial charge in [0.2, 0.25) is 0 Å². The Hall–Kier alpha value is -1.31. The van der Waals surface area contributed by atoms with Crippen molar-refractivity contribution < 1.29 is 32.5 Å². The largest absolute Gasteiger partial charge is 0.495 e. The summed E-state index contributed by atoms with van der Waals surface area (Å²) in [6.45, 7) is 1.61. The minimum absolute atomic E-state index is 0.291. The molecule has 0 unspecified atom stereocenters. The molecule has 1 atom stereocenters. The Morgan fingerprint density at radius 2 is 1.87 bits per heavy atom. The van der Waals surface area contributed by atoms with Crippen LogP contribution in [-0.2, 0) is 19.4 Å². The van der Waals surface area contributed by atoms with Crippen LogP contribution < -0.4 is 5.32 Å². The number of hydrogen-bond donors (Lipinski definition) is 1. The SMILES string of the molecule is CC[C@H](NC)C(=O)OOC(=O)C(F)(F)F. The van der Waals surface area contributed by atoms with Crippen LogP contribution in [0.25, 0.3) is 0 Å². The summed E-state index contributed by atoms with van der Waals surface area (Å²) in [6.07, 6.45) is -4.89. The molecule has 0 rings (SSSR count). The van der Waals surface area contributed by atoms with Crippen LogP contribution in [0.4, 0.5) is 13.2 Å². The van der Waals surface area contributed by atoms with E-state index in [-0.39, 0.29) is 0 Å². The van der Waals surface area contributed by atoms with Gasteiger partial charge in [0.25, 0.3) is 0 Å². The van der Waals surface area contributed by atoms with Crippen molar-refractivity contribution in [2.45, 2.75) is 25.6 Å². The van der Waals surface area contributed by atoms with Crippen LogP contribution in [0, 0.1) is 0 Å². The molecule has 0 saturated carbocycles. The van der Waals surface area contributed by atoms with Gasteiger partial charge >= 0.3 is 18.1 Å². The van der Waals surface area contributed by atoms with Gasteiger partial charge in [0.15, 0.2) is 0 Å². The van der Waals surface area contributed by atoms with Crippen molar-refractivity contribution in [3.8, 4) is 0 Å². The fraction of sp³-hybridized carbons (Fsp3) is 0.714. The van der Waals surface area contributed by atoms with E-state index < -0.39 is 24.2 Å². The summed E-state index contributed by atoms with van der Waals surface area (Å²) < 4.78 is 34.7. The number of carbonyl (C=O) groups is 2. The van der Waals surface area contributed by atoms with Crippen LogP contribution in [0.3, 0.4) is 0 Å². The van der Waals surface area contributed by atoms with Gasteiger partial charge in [-0.25, -0.2) is 19.4 Å². The Bertz CT molecular complexity index is 237. The molecule has 0 spiro atoms. The summed E-state index contributed by atoms with van der Waals surface area (Å²) in [7, 11) is 1.42. The summed E-state index contributed by atoms with van der Waals surface area (Å²) in [4.78, 5) is 28.0. The van der Waals surface area contributed by atoms with E-state index in [4.69, 9.17) is 0 Å². The Morgan fingerprint density at radius 1 is 1.33 bits per heavy atom. The third-order valence-electron chi connectivity index (χ3n) is 1.47. The maximum atomic E-state index is 11.6. The van der Waals surface area contributed by atoms with Gasteiger partial charge in [0, 0.05) is 0 Å². The van der Waals surface area contributed by atoms with Crippen molar-refractivity contribution in [2.24, 2.45) is 0 Å². The number of nitrogens with one attached hydrogen (secondary N) is 1. The van der Waals surface area contributed by atoms with Crippen molar-refractivity contribution in [2.75, 3.05) is 7.05 Å². The molecular weight excluding hydrogens is 219 g/mol. The maximum Gasteiger partial charge on any atom is 0.495 e. The van der Waals surface area contributed by atoms with Crippen molar-refractivity contribution in [3.63, 3.8) is 0 Å². The first-order chi connectivity index (χ1) is 6.82. The molecule has 15 heavy (non-hydrogen) atoms. The van der Waals surface area contributed by atoms with Gasteiger partial charge in [0.05, 0.1) is 0 Å². The second-order valence-corrected chi connectivity index (χ2v) is 2.52. The topological polar surface area (TPSA) is 64.6 Å². The smallest absolute Gasteiger partial charge is 0.307 e. The highest BCUT2D eigenvalue weighted by atomic mass is 19.4. The van der Waals surface area contributed by atoms with E-state index in [0.29, 0.717) is 6.42 Å². The Balaban J connectivity index is 4.06. The fourth-order valence-corrected chi connectivity index (χ4v) is 0.673. The molecule has 0 fully saturated rings. The average molecular weight is 229 g/mol. The van der Waals surface area contributed by atoms with E-state index in [1.165, 1.54) is 7.05 Å². The first kappa shape index (κ1) is 13.7. The number of rotatable bonds is 3. The summed E-state index contributed by atoms with van der Waals surface area (Å²) >= 11 is 0. The lowest BCUT2D eigenvalue weighted by atomic mass is 10.2. The van der Waals surface area contributed by atoms with Gasteiger partial charge in [-0.3, -0.25) is 0 Å². The second kappa shape index (κ2) is 5.54. The summed E-state index contributed by atoms with van der Waals surface area (Å²) in [5.74, 6) is -3.65. The molecule has 88 valence electrons. The third kappa shape index (κ3) is 4.63. The number of halogens is 3. The molecule has 0 aliphatic carbocycles. The Labute approximate surface area is 83.5 Å². The second-order valence-electron chi connectivity index (χ2n) is 2.52. The molecule has 8 heteroatoms. The van der Waals surface area contributed by atoms with Crippen LogP contribution in [0.5, 0.6) is 0 Å². The van der Waals surface area contributed by atoms with E-state index in [2.05, 4.69) is 15.1 Å². The molecule has 0 amide bonds. The quantitative estimate of drug-likeness (QED) is 0.565. The lowest BCUT2D eigenvalue weighted by Gasteiger charge is -2.11. The number of alkyl halides is 3. The predicted octanol–water partition coefficient (Wildman–Crippen LogP) is 0.548. The lowest BCUT2D eigenvalue weighted by molar-refractivity contribution is -0.286.